The molecule has 0 aliphatic carbocycles. The summed E-state index contributed by atoms with van der Waals surface area (Å²) in [6, 6.07) is 19.1. The van der Waals surface area contributed by atoms with Gasteiger partial charge in [-0.2, -0.15) is 0 Å². The summed E-state index contributed by atoms with van der Waals surface area (Å²) in [7, 11) is 0. The Labute approximate surface area is 129 Å². The first-order valence-electron chi connectivity index (χ1n) is 7.27. The van der Waals surface area contributed by atoms with Crippen LogP contribution in [0.5, 0.6) is 0 Å². The molecule has 1 aliphatic rings. The van der Waals surface area contributed by atoms with Crippen LogP contribution in [-0.4, -0.2) is 23.3 Å². The number of nitrogens with zero attached hydrogens (tertiary/aromatic N) is 1. The van der Waals surface area contributed by atoms with Crippen molar-refractivity contribution >= 4 is 11.9 Å². The van der Waals surface area contributed by atoms with Crippen molar-refractivity contribution in [3.8, 4) is 0 Å². The van der Waals surface area contributed by atoms with E-state index in [-0.39, 0.29) is 24.9 Å². The normalized spacial score (nSPS) is 18.0. The van der Waals surface area contributed by atoms with Crippen LogP contribution in [0.25, 0.3) is 0 Å². The lowest BCUT2D eigenvalue weighted by molar-refractivity contribution is -0.311. The minimum Gasteiger partial charge on any atom is -0.550 e. The number of benzene rings is 2. The fourth-order valence-corrected chi connectivity index (χ4v) is 2.96. The zero-order valence-electron chi connectivity index (χ0n) is 12.0. The average Bonchev–Trinajstić information content (AvgIpc) is 2.92. The van der Waals surface area contributed by atoms with Crippen LogP contribution < -0.4 is 5.11 Å². The van der Waals surface area contributed by atoms with Gasteiger partial charge in [0.25, 0.3) is 0 Å². The van der Waals surface area contributed by atoms with Gasteiger partial charge in [-0.25, -0.2) is 0 Å². The van der Waals surface area contributed by atoms with Crippen molar-refractivity contribution in [2.75, 3.05) is 6.54 Å². The van der Waals surface area contributed by atoms with Crippen molar-refractivity contribution < 1.29 is 14.7 Å². The van der Waals surface area contributed by atoms with Crippen molar-refractivity contribution in [3.05, 3.63) is 71.8 Å². The Kier molecular flexibility index (Phi) is 3.92. The maximum atomic E-state index is 12.3. The van der Waals surface area contributed by atoms with Gasteiger partial charge >= 0.3 is 0 Å². The quantitative estimate of drug-likeness (QED) is 0.856. The van der Waals surface area contributed by atoms with Crippen LogP contribution >= 0.6 is 0 Å². The summed E-state index contributed by atoms with van der Waals surface area (Å²) in [5.74, 6) is -2.04. The van der Waals surface area contributed by atoms with E-state index in [0.717, 1.165) is 11.1 Å². The van der Waals surface area contributed by atoms with Gasteiger partial charge in [0.05, 0.1) is 6.04 Å². The van der Waals surface area contributed by atoms with Gasteiger partial charge in [-0.05, 0) is 11.1 Å². The molecular formula is C18H16NO3-. The van der Waals surface area contributed by atoms with Gasteiger partial charge in [-0.1, -0.05) is 60.7 Å². The molecule has 22 heavy (non-hydrogen) atoms. The molecule has 112 valence electrons. The third kappa shape index (κ3) is 2.72. The number of amides is 1. The van der Waals surface area contributed by atoms with Gasteiger partial charge in [0.2, 0.25) is 5.91 Å². The Morgan fingerprint density at radius 3 is 1.91 bits per heavy atom. The molecule has 4 heteroatoms. The van der Waals surface area contributed by atoms with E-state index >= 15 is 0 Å². The largest absolute Gasteiger partial charge is 0.550 e. The van der Waals surface area contributed by atoms with Crippen LogP contribution in [0.4, 0.5) is 0 Å². The molecule has 1 heterocycles. The Morgan fingerprint density at radius 2 is 1.50 bits per heavy atom. The van der Waals surface area contributed by atoms with Crippen LogP contribution in [0.15, 0.2) is 60.7 Å². The first kappa shape index (κ1) is 14.3. The van der Waals surface area contributed by atoms with Crippen molar-refractivity contribution in [2.45, 2.75) is 12.5 Å². The van der Waals surface area contributed by atoms with E-state index in [2.05, 4.69) is 0 Å². The van der Waals surface area contributed by atoms with Crippen molar-refractivity contribution in [3.63, 3.8) is 0 Å². The first-order chi connectivity index (χ1) is 10.7. The molecular weight excluding hydrogens is 278 g/mol. The van der Waals surface area contributed by atoms with E-state index in [0.29, 0.717) is 0 Å². The van der Waals surface area contributed by atoms with Crippen LogP contribution in [0.3, 0.4) is 0 Å². The van der Waals surface area contributed by atoms with Gasteiger partial charge in [-0.3, -0.25) is 4.79 Å². The van der Waals surface area contributed by atoms with Gasteiger partial charge < -0.3 is 14.8 Å². The second-order valence-corrected chi connectivity index (χ2v) is 5.49. The van der Waals surface area contributed by atoms with E-state index in [1.807, 2.05) is 60.7 Å². The molecule has 0 saturated carbocycles. The molecule has 4 nitrogen and oxygen atoms in total. The standard InChI is InChI=1S/C18H17NO3/c20-16-11-15(18(21)22)12-19(16)17(13-7-3-1-4-8-13)14-9-5-2-6-10-14/h1-10,15,17H,11-12H2,(H,21,22)/p-1/t15-/m1/s1. The predicted octanol–water partition coefficient (Wildman–Crippen LogP) is 1.37. The summed E-state index contributed by atoms with van der Waals surface area (Å²) in [6.07, 6.45) is 0.0124. The number of aliphatic carboxylic acids is 1. The molecule has 1 fully saturated rings. The van der Waals surface area contributed by atoms with E-state index in [1.165, 1.54) is 0 Å². The Balaban J connectivity index is 2.00. The molecule has 0 unspecified atom stereocenters. The van der Waals surface area contributed by atoms with Crippen LogP contribution in [0.2, 0.25) is 0 Å². The Morgan fingerprint density at radius 1 is 1.00 bits per heavy atom. The summed E-state index contributed by atoms with van der Waals surface area (Å²) >= 11 is 0. The number of carboxylic acids is 1. The lowest BCUT2D eigenvalue weighted by Gasteiger charge is -2.29. The number of rotatable bonds is 4. The molecule has 0 bridgehead atoms. The fourth-order valence-electron chi connectivity index (χ4n) is 2.96. The number of hydrogen-bond donors (Lipinski definition) is 0. The van der Waals surface area contributed by atoms with Crippen LogP contribution in [0.1, 0.15) is 23.6 Å². The van der Waals surface area contributed by atoms with Crippen molar-refractivity contribution in [1.29, 1.82) is 0 Å². The molecule has 0 radical (unpaired) electrons. The number of likely N-dealkylation sites (tertiary alicyclic amines) is 1. The lowest BCUT2D eigenvalue weighted by Crippen LogP contribution is -2.35. The highest BCUT2D eigenvalue weighted by molar-refractivity contribution is 5.86. The number of hydrogen-bond acceptors (Lipinski definition) is 3. The number of carbonyl (C=O) groups is 2. The number of carbonyl (C=O) groups excluding carboxylic acids is 2. The average molecular weight is 294 g/mol. The van der Waals surface area contributed by atoms with Crippen molar-refractivity contribution in [2.24, 2.45) is 5.92 Å². The molecule has 0 aromatic heterocycles. The maximum absolute atomic E-state index is 12.3. The van der Waals surface area contributed by atoms with Gasteiger partial charge in [-0.15, -0.1) is 0 Å². The fraction of sp³-hybridized carbons (Fsp3) is 0.222. The third-order valence-corrected chi connectivity index (χ3v) is 4.03. The second-order valence-electron chi connectivity index (χ2n) is 5.49. The Bertz CT molecular complexity index is 630. The zero-order chi connectivity index (χ0) is 15.5. The molecule has 2 aromatic rings. The second kappa shape index (κ2) is 6.02. The molecule has 0 spiro atoms. The summed E-state index contributed by atoms with van der Waals surface area (Å²) < 4.78 is 0. The summed E-state index contributed by atoms with van der Waals surface area (Å²) in [5.41, 5.74) is 1.95. The molecule has 1 aliphatic heterocycles. The maximum Gasteiger partial charge on any atom is 0.224 e. The Hall–Kier alpha value is -2.62. The monoisotopic (exact) mass is 294 g/mol. The van der Waals surface area contributed by atoms with Gasteiger partial charge in [0, 0.05) is 24.9 Å². The summed E-state index contributed by atoms with van der Waals surface area (Å²) in [6.45, 7) is 0.190. The third-order valence-electron chi connectivity index (χ3n) is 4.03. The van der Waals surface area contributed by atoms with Crippen LogP contribution in [-0.2, 0) is 9.59 Å². The SMILES string of the molecule is O=C([O-])[C@@H]1CC(=O)N(C(c2ccccc2)c2ccccc2)C1. The molecule has 2 aromatic carbocycles. The highest BCUT2D eigenvalue weighted by Gasteiger charge is 2.36. The highest BCUT2D eigenvalue weighted by Crippen LogP contribution is 2.33. The lowest BCUT2D eigenvalue weighted by atomic mass is 9.97. The number of carboxylic acid groups (broad SMARTS) is 1. The van der Waals surface area contributed by atoms with E-state index in [9.17, 15) is 14.7 Å². The first-order valence-corrected chi connectivity index (χ1v) is 7.27. The van der Waals surface area contributed by atoms with Gasteiger partial charge in [0.1, 0.15) is 0 Å². The summed E-state index contributed by atoms with van der Waals surface area (Å²) in [5, 5.41) is 11.1. The van der Waals surface area contributed by atoms with E-state index in [4.69, 9.17) is 0 Å². The molecule has 1 amide bonds. The summed E-state index contributed by atoms with van der Waals surface area (Å²) in [4.78, 5) is 25.1. The topological polar surface area (TPSA) is 60.4 Å². The minimum absolute atomic E-state index is 0.0124. The molecule has 3 rings (SSSR count). The van der Waals surface area contributed by atoms with Gasteiger partial charge in [0.15, 0.2) is 0 Å². The molecule has 0 N–H and O–H groups in total. The smallest absolute Gasteiger partial charge is 0.224 e. The highest BCUT2D eigenvalue weighted by atomic mass is 16.4. The predicted molar refractivity (Wildman–Crippen MR) is 79.6 cm³/mol. The van der Waals surface area contributed by atoms with E-state index in [1.54, 1.807) is 4.90 Å². The van der Waals surface area contributed by atoms with Crippen molar-refractivity contribution in [1.82, 2.24) is 4.90 Å². The van der Waals surface area contributed by atoms with Crippen LogP contribution in [0, 0.1) is 5.92 Å². The molecule has 1 saturated heterocycles. The zero-order valence-corrected chi connectivity index (χ0v) is 12.0. The van der Waals surface area contributed by atoms with E-state index < -0.39 is 11.9 Å². The molecule has 1 atom stereocenters. The minimum atomic E-state index is -1.16.